The zero-order valence-corrected chi connectivity index (χ0v) is 15.3. The molecule has 0 atom stereocenters. The van der Waals surface area contributed by atoms with Gasteiger partial charge in [0.1, 0.15) is 5.82 Å². The van der Waals surface area contributed by atoms with E-state index in [1.54, 1.807) is 30.5 Å². The zero-order valence-electron chi connectivity index (χ0n) is 15.3. The first kappa shape index (κ1) is 17.3. The molecule has 1 fully saturated rings. The first-order valence-electron chi connectivity index (χ1n) is 9.03. The maximum absolute atomic E-state index is 14.8. The summed E-state index contributed by atoms with van der Waals surface area (Å²) in [6.07, 6.45) is 3.91. The molecule has 0 spiro atoms. The number of pyridine rings is 2. The van der Waals surface area contributed by atoms with Gasteiger partial charge in [-0.1, -0.05) is 6.07 Å². The van der Waals surface area contributed by atoms with Gasteiger partial charge in [0.2, 0.25) is 0 Å². The molecule has 1 aromatic carbocycles. The molecule has 4 nitrogen and oxygen atoms in total. The summed E-state index contributed by atoms with van der Waals surface area (Å²) in [5, 5.41) is 2.80. The summed E-state index contributed by atoms with van der Waals surface area (Å²) in [6.45, 7) is 3.73. The standard InChI is InChI=1S/C22H20FN3O/c1-13-10-17(11-14(2)25-13)26-22(27)16-7-8-19(20(23)12-16)21-18(15-5-6-15)4-3-9-24-21/h3-4,7-12,15H,5-6H2,1-2H3,(H,25,26,27). The highest BCUT2D eigenvalue weighted by atomic mass is 19.1. The van der Waals surface area contributed by atoms with Crippen LogP contribution in [0.25, 0.3) is 11.3 Å². The third-order valence-electron chi connectivity index (χ3n) is 4.68. The maximum atomic E-state index is 14.8. The third kappa shape index (κ3) is 3.72. The smallest absolute Gasteiger partial charge is 0.255 e. The van der Waals surface area contributed by atoms with Gasteiger partial charge in [-0.05, 0) is 74.6 Å². The number of hydrogen-bond donors (Lipinski definition) is 1. The quantitative estimate of drug-likeness (QED) is 0.709. The number of aromatic nitrogens is 2. The van der Waals surface area contributed by atoms with Gasteiger partial charge in [0.05, 0.1) is 5.69 Å². The number of aryl methyl sites for hydroxylation is 2. The zero-order chi connectivity index (χ0) is 19.0. The second-order valence-corrected chi connectivity index (χ2v) is 7.00. The largest absolute Gasteiger partial charge is 0.322 e. The fourth-order valence-electron chi connectivity index (χ4n) is 3.32. The van der Waals surface area contributed by atoms with Crippen molar-refractivity contribution in [2.45, 2.75) is 32.6 Å². The maximum Gasteiger partial charge on any atom is 0.255 e. The Kier molecular flexibility index (Phi) is 4.44. The minimum atomic E-state index is -0.440. The molecule has 2 aromatic heterocycles. The van der Waals surface area contributed by atoms with Crippen molar-refractivity contribution >= 4 is 11.6 Å². The fourth-order valence-corrected chi connectivity index (χ4v) is 3.32. The Morgan fingerprint density at radius 1 is 1.11 bits per heavy atom. The second kappa shape index (κ2) is 6.91. The van der Waals surface area contributed by atoms with Crippen LogP contribution in [0.1, 0.15) is 46.1 Å². The molecule has 4 rings (SSSR count). The lowest BCUT2D eigenvalue weighted by molar-refractivity contribution is 0.102. The van der Waals surface area contributed by atoms with E-state index < -0.39 is 5.82 Å². The number of anilines is 1. The summed E-state index contributed by atoms with van der Waals surface area (Å²) in [5.41, 5.74) is 4.73. The van der Waals surface area contributed by atoms with E-state index in [2.05, 4.69) is 15.3 Å². The van der Waals surface area contributed by atoms with Crippen molar-refractivity contribution < 1.29 is 9.18 Å². The first-order chi connectivity index (χ1) is 13.0. The number of amides is 1. The molecule has 1 amide bonds. The highest BCUT2D eigenvalue weighted by Crippen LogP contribution is 2.43. The number of nitrogens with one attached hydrogen (secondary N) is 1. The molecule has 0 radical (unpaired) electrons. The third-order valence-corrected chi connectivity index (χ3v) is 4.68. The molecule has 27 heavy (non-hydrogen) atoms. The van der Waals surface area contributed by atoms with E-state index >= 15 is 0 Å². The SMILES string of the molecule is Cc1cc(NC(=O)c2ccc(-c3ncccc3C3CC3)c(F)c2)cc(C)n1. The Labute approximate surface area is 157 Å². The average molecular weight is 361 g/mol. The Hall–Kier alpha value is -3.08. The molecule has 3 aromatic rings. The lowest BCUT2D eigenvalue weighted by atomic mass is 10.0. The monoisotopic (exact) mass is 361 g/mol. The van der Waals surface area contributed by atoms with Crippen LogP contribution in [0, 0.1) is 19.7 Å². The first-order valence-corrected chi connectivity index (χ1v) is 9.03. The van der Waals surface area contributed by atoms with Gasteiger partial charge < -0.3 is 5.32 Å². The minimum absolute atomic E-state index is 0.271. The second-order valence-electron chi connectivity index (χ2n) is 7.00. The van der Waals surface area contributed by atoms with Crippen LogP contribution in [0.2, 0.25) is 0 Å². The molecule has 0 bridgehead atoms. The van der Waals surface area contributed by atoms with Gasteiger partial charge in [-0.25, -0.2) is 4.39 Å². The van der Waals surface area contributed by atoms with Crippen LogP contribution in [-0.2, 0) is 0 Å². The van der Waals surface area contributed by atoms with Crippen LogP contribution in [-0.4, -0.2) is 15.9 Å². The molecule has 2 heterocycles. The van der Waals surface area contributed by atoms with E-state index in [4.69, 9.17) is 0 Å². The van der Waals surface area contributed by atoms with E-state index in [9.17, 15) is 9.18 Å². The summed E-state index contributed by atoms with van der Waals surface area (Å²) in [7, 11) is 0. The van der Waals surface area contributed by atoms with Crippen LogP contribution in [0.5, 0.6) is 0 Å². The number of benzene rings is 1. The number of nitrogens with zero attached hydrogens (tertiary/aromatic N) is 2. The molecule has 5 heteroatoms. The summed E-state index contributed by atoms with van der Waals surface area (Å²) in [5.74, 6) is -0.325. The van der Waals surface area contributed by atoms with Crippen molar-refractivity contribution in [2.24, 2.45) is 0 Å². The van der Waals surface area contributed by atoms with Crippen molar-refractivity contribution in [2.75, 3.05) is 5.32 Å². The van der Waals surface area contributed by atoms with E-state index in [0.29, 0.717) is 22.9 Å². The van der Waals surface area contributed by atoms with Crippen molar-refractivity contribution in [1.29, 1.82) is 0 Å². The predicted molar refractivity (Wildman–Crippen MR) is 103 cm³/mol. The number of carbonyl (C=O) groups is 1. The van der Waals surface area contributed by atoms with Crippen molar-refractivity contribution in [1.82, 2.24) is 9.97 Å². The van der Waals surface area contributed by atoms with Crippen LogP contribution < -0.4 is 5.32 Å². The van der Waals surface area contributed by atoms with Gasteiger partial charge in [-0.2, -0.15) is 0 Å². The number of halogens is 1. The van der Waals surface area contributed by atoms with Gasteiger partial charge in [0.25, 0.3) is 5.91 Å². The normalized spacial score (nSPS) is 13.4. The topological polar surface area (TPSA) is 54.9 Å². The highest BCUT2D eigenvalue weighted by Gasteiger charge is 2.27. The summed E-state index contributed by atoms with van der Waals surface area (Å²) in [6, 6.07) is 12.0. The average Bonchev–Trinajstić information content (AvgIpc) is 3.46. The van der Waals surface area contributed by atoms with Crippen molar-refractivity contribution in [3.05, 3.63) is 77.0 Å². The Morgan fingerprint density at radius 3 is 2.52 bits per heavy atom. The van der Waals surface area contributed by atoms with E-state index in [-0.39, 0.29) is 11.5 Å². The highest BCUT2D eigenvalue weighted by molar-refractivity contribution is 6.04. The number of carbonyl (C=O) groups excluding carboxylic acids is 1. The van der Waals surface area contributed by atoms with Gasteiger partial charge >= 0.3 is 0 Å². The molecule has 1 aliphatic rings. The molecular formula is C22H20FN3O. The Bertz CT molecular complexity index is 1010. The number of rotatable bonds is 4. The molecule has 0 aliphatic heterocycles. The predicted octanol–water partition coefficient (Wildman–Crippen LogP) is 5.03. The van der Waals surface area contributed by atoms with Gasteiger partial charge in [-0.3, -0.25) is 14.8 Å². The lowest BCUT2D eigenvalue weighted by Gasteiger charge is -2.11. The lowest BCUT2D eigenvalue weighted by Crippen LogP contribution is -2.13. The summed E-state index contributed by atoms with van der Waals surface area (Å²) >= 11 is 0. The molecule has 1 saturated carbocycles. The summed E-state index contributed by atoms with van der Waals surface area (Å²) in [4.78, 5) is 21.2. The van der Waals surface area contributed by atoms with E-state index in [0.717, 1.165) is 29.8 Å². The van der Waals surface area contributed by atoms with Gasteiger partial charge in [0, 0.05) is 34.4 Å². The molecule has 1 N–H and O–H groups in total. The van der Waals surface area contributed by atoms with E-state index in [1.165, 1.54) is 6.07 Å². The molecule has 136 valence electrons. The number of hydrogen-bond acceptors (Lipinski definition) is 3. The molecule has 1 aliphatic carbocycles. The van der Waals surface area contributed by atoms with Crippen LogP contribution in [0.15, 0.2) is 48.7 Å². The van der Waals surface area contributed by atoms with Gasteiger partial charge in [-0.15, -0.1) is 0 Å². The molecule has 0 unspecified atom stereocenters. The molecule has 0 saturated heterocycles. The van der Waals surface area contributed by atoms with Crippen molar-refractivity contribution in [3.8, 4) is 11.3 Å². The summed E-state index contributed by atoms with van der Waals surface area (Å²) < 4.78 is 14.8. The Balaban J connectivity index is 1.61. The molecular weight excluding hydrogens is 341 g/mol. The van der Waals surface area contributed by atoms with Crippen LogP contribution in [0.3, 0.4) is 0 Å². The Morgan fingerprint density at radius 2 is 1.85 bits per heavy atom. The van der Waals surface area contributed by atoms with Crippen LogP contribution >= 0.6 is 0 Å². The minimum Gasteiger partial charge on any atom is -0.322 e. The van der Waals surface area contributed by atoms with Crippen molar-refractivity contribution in [3.63, 3.8) is 0 Å². The van der Waals surface area contributed by atoms with E-state index in [1.807, 2.05) is 26.0 Å². The van der Waals surface area contributed by atoms with Crippen LogP contribution in [0.4, 0.5) is 10.1 Å². The fraction of sp³-hybridized carbons (Fsp3) is 0.227. The van der Waals surface area contributed by atoms with Gasteiger partial charge in [0.15, 0.2) is 0 Å².